The minimum absolute atomic E-state index is 0.434. The maximum absolute atomic E-state index is 10.6. The molecule has 0 saturated carbocycles. The lowest BCUT2D eigenvalue weighted by molar-refractivity contribution is -0.0701. The minimum Gasteiger partial charge on any atom is -0.497 e. The van der Waals surface area contributed by atoms with Gasteiger partial charge in [-0.1, -0.05) is 0 Å². The molecule has 0 radical (unpaired) electrons. The van der Waals surface area contributed by atoms with Crippen molar-refractivity contribution in [3.05, 3.63) is 41.5 Å². The highest BCUT2D eigenvalue weighted by Crippen LogP contribution is 2.46. The first-order valence-electron chi connectivity index (χ1n) is 8.04. The third-order valence-corrected chi connectivity index (χ3v) is 4.44. The quantitative estimate of drug-likeness (QED) is 0.844. The highest BCUT2D eigenvalue weighted by atomic mass is 16.5. The van der Waals surface area contributed by atoms with E-state index in [0.29, 0.717) is 39.9 Å². The molecule has 1 heterocycles. The molecule has 1 aliphatic rings. The highest BCUT2D eigenvalue weighted by molar-refractivity contribution is 5.55. The molecule has 3 rings (SSSR count). The Labute approximate surface area is 151 Å². The molecule has 7 nitrogen and oxygen atoms in total. The predicted molar refractivity (Wildman–Crippen MR) is 93.4 cm³/mol. The molecule has 7 heteroatoms. The lowest BCUT2D eigenvalue weighted by atomic mass is 9.92. The molecule has 1 aliphatic heterocycles. The van der Waals surface area contributed by atoms with Crippen LogP contribution < -0.4 is 23.7 Å². The molecular formula is C19H22O7. The van der Waals surface area contributed by atoms with Gasteiger partial charge in [0.1, 0.15) is 23.7 Å². The molecule has 3 atom stereocenters. The lowest BCUT2D eigenvalue weighted by Gasteiger charge is -2.35. The van der Waals surface area contributed by atoms with Gasteiger partial charge in [0, 0.05) is 17.2 Å². The summed E-state index contributed by atoms with van der Waals surface area (Å²) in [6, 6.07) is 8.43. The molecule has 140 valence electrons. The Morgan fingerprint density at radius 2 is 1.50 bits per heavy atom. The summed E-state index contributed by atoms with van der Waals surface area (Å²) in [4.78, 5) is 0. The van der Waals surface area contributed by atoms with E-state index in [1.165, 1.54) is 21.3 Å². The summed E-state index contributed by atoms with van der Waals surface area (Å²) >= 11 is 0. The average molecular weight is 362 g/mol. The van der Waals surface area contributed by atoms with Crippen molar-refractivity contribution in [2.24, 2.45) is 0 Å². The zero-order valence-corrected chi connectivity index (χ0v) is 15.1. The zero-order chi connectivity index (χ0) is 18.8. The first-order chi connectivity index (χ1) is 12.5. The fraction of sp³-hybridized carbons (Fsp3) is 0.368. The maximum atomic E-state index is 10.6. The van der Waals surface area contributed by atoms with Gasteiger partial charge in [-0.25, -0.2) is 0 Å². The standard InChI is InChI=1S/C19H22O7/c1-22-11-5-6-12-13(9-11)26-18(17(21)16(12)20)10-7-14(23-2)19(25-4)15(8-10)24-3/h5-9,16-18,20-21H,1-4H3/t16-,17+,18-/m1/s1. The van der Waals surface area contributed by atoms with Crippen molar-refractivity contribution in [2.45, 2.75) is 18.3 Å². The van der Waals surface area contributed by atoms with E-state index in [9.17, 15) is 10.2 Å². The number of methoxy groups -OCH3 is 4. The smallest absolute Gasteiger partial charge is 0.203 e. The summed E-state index contributed by atoms with van der Waals surface area (Å²) < 4.78 is 27.2. The van der Waals surface area contributed by atoms with Crippen LogP contribution in [0.4, 0.5) is 0 Å². The van der Waals surface area contributed by atoms with Gasteiger partial charge < -0.3 is 33.9 Å². The zero-order valence-electron chi connectivity index (χ0n) is 15.1. The number of hydrogen-bond donors (Lipinski definition) is 2. The topological polar surface area (TPSA) is 86.6 Å². The Morgan fingerprint density at radius 3 is 2.04 bits per heavy atom. The summed E-state index contributed by atoms with van der Waals surface area (Å²) in [7, 11) is 6.08. The number of benzene rings is 2. The van der Waals surface area contributed by atoms with Gasteiger partial charge >= 0.3 is 0 Å². The van der Waals surface area contributed by atoms with Gasteiger partial charge in [-0.3, -0.25) is 0 Å². The summed E-state index contributed by atoms with van der Waals surface area (Å²) in [6.07, 6.45) is -3.09. The Hall–Kier alpha value is -2.64. The van der Waals surface area contributed by atoms with Crippen molar-refractivity contribution >= 4 is 0 Å². The van der Waals surface area contributed by atoms with Crippen molar-refractivity contribution in [1.82, 2.24) is 0 Å². The number of fused-ring (bicyclic) bond motifs is 1. The summed E-state index contributed by atoms with van der Waals surface area (Å²) in [5, 5.41) is 21.1. The van der Waals surface area contributed by atoms with Crippen LogP contribution in [-0.4, -0.2) is 44.8 Å². The third-order valence-electron chi connectivity index (χ3n) is 4.44. The molecule has 0 unspecified atom stereocenters. The van der Waals surface area contributed by atoms with Crippen LogP contribution in [0.2, 0.25) is 0 Å². The summed E-state index contributed by atoms with van der Waals surface area (Å²) in [5.41, 5.74) is 1.08. The average Bonchev–Trinajstić information content (AvgIpc) is 2.68. The minimum atomic E-state index is -1.17. The molecule has 0 bridgehead atoms. The summed E-state index contributed by atoms with van der Waals surface area (Å²) in [5.74, 6) is 2.34. The van der Waals surface area contributed by atoms with Crippen molar-refractivity contribution in [3.63, 3.8) is 0 Å². The molecule has 0 saturated heterocycles. The predicted octanol–water partition coefficient (Wildman–Crippen LogP) is 2.25. The van der Waals surface area contributed by atoms with E-state index in [1.807, 2.05) is 0 Å². The molecule has 0 aliphatic carbocycles. The highest BCUT2D eigenvalue weighted by Gasteiger charge is 2.38. The van der Waals surface area contributed by atoms with Gasteiger partial charge in [0.25, 0.3) is 0 Å². The second-order valence-electron chi connectivity index (χ2n) is 5.84. The van der Waals surface area contributed by atoms with Crippen molar-refractivity contribution < 1.29 is 33.9 Å². The van der Waals surface area contributed by atoms with Gasteiger partial charge in [-0.2, -0.15) is 0 Å². The molecule has 2 N–H and O–H groups in total. The monoisotopic (exact) mass is 362 g/mol. The van der Waals surface area contributed by atoms with Gasteiger partial charge in [-0.15, -0.1) is 0 Å². The Balaban J connectivity index is 2.06. The second-order valence-corrected chi connectivity index (χ2v) is 5.84. The van der Waals surface area contributed by atoms with Crippen LogP contribution in [0.3, 0.4) is 0 Å². The van der Waals surface area contributed by atoms with Crippen molar-refractivity contribution in [3.8, 4) is 28.7 Å². The second kappa shape index (κ2) is 7.31. The van der Waals surface area contributed by atoms with Crippen LogP contribution in [0.1, 0.15) is 23.3 Å². The van der Waals surface area contributed by atoms with Crippen LogP contribution in [0.5, 0.6) is 28.7 Å². The van der Waals surface area contributed by atoms with E-state index < -0.39 is 18.3 Å². The van der Waals surface area contributed by atoms with Crippen LogP contribution in [-0.2, 0) is 0 Å². The molecular weight excluding hydrogens is 340 g/mol. The van der Waals surface area contributed by atoms with E-state index in [-0.39, 0.29) is 0 Å². The first kappa shape index (κ1) is 18.2. The van der Waals surface area contributed by atoms with E-state index in [1.54, 1.807) is 37.4 Å². The maximum Gasteiger partial charge on any atom is 0.203 e. The lowest BCUT2D eigenvalue weighted by Crippen LogP contribution is -2.34. The van der Waals surface area contributed by atoms with Gasteiger partial charge in [0.2, 0.25) is 5.75 Å². The first-order valence-corrected chi connectivity index (χ1v) is 8.04. The van der Waals surface area contributed by atoms with Crippen molar-refractivity contribution in [2.75, 3.05) is 28.4 Å². The van der Waals surface area contributed by atoms with E-state index in [2.05, 4.69) is 0 Å². The largest absolute Gasteiger partial charge is 0.497 e. The number of rotatable bonds is 5. The normalized spacial score (nSPS) is 21.4. The van der Waals surface area contributed by atoms with E-state index in [4.69, 9.17) is 23.7 Å². The van der Waals surface area contributed by atoms with Crippen LogP contribution in [0, 0.1) is 0 Å². The Kier molecular flexibility index (Phi) is 5.11. The molecule has 0 fully saturated rings. The number of hydrogen-bond acceptors (Lipinski definition) is 7. The molecule has 2 aromatic carbocycles. The molecule has 0 aromatic heterocycles. The van der Waals surface area contributed by atoms with Crippen molar-refractivity contribution in [1.29, 1.82) is 0 Å². The molecule has 2 aromatic rings. The summed E-state index contributed by atoms with van der Waals surface area (Å²) in [6.45, 7) is 0. The molecule has 0 spiro atoms. The van der Waals surface area contributed by atoms with E-state index >= 15 is 0 Å². The van der Waals surface area contributed by atoms with Crippen LogP contribution in [0.25, 0.3) is 0 Å². The number of aliphatic hydroxyl groups excluding tert-OH is 2. The van der Waals surface area contributed by atoms with Gasteiger partial charge in [-0.05, 0) is 24.3 Å². The Morgan fingerprint density at radius 1 is 0.846 bits per heavy atom. The Bertz CT molecular complexity index is 764. The number of aliphatic hydroxyl groups is 2. The van der Waals surface area contributed by atoms with Crippen LogP contribution in [0.15, 0.2) is 30.3 Å². The van der Waals surface area contributed by atoms with Crippen LogP contribution >= 0.6 is 0 Å². The molecule has 26 heavy (non-hydrogen) atoms. The van der Waals surface area contributed by atoms with Gasteiger partial charge in [0.05, 0.1) is 28.4 Å². The third kappa shape index (κ3) is 3.00. The molecule has 0 amide bonds. The fourth-order valence-electron chi connectivity index (χ4n) is 3.07. The number of ether oxygens (including phenoxy) is 5. The SMILES string of the molecule is COc1ccc2c(c1)O[C@H](c1cc(OC)c(OC)c(OC)c1)[C@@H](O)[C@@H]2O. The fourth-order valence-corrected chi connectivity index (χ4v) is 3.07. The van der Waals surface area contributed by atoms with E-state index in [0.717, 1.165) is 0 Å². The van der Waals surface area contributed by atoms with Gasteiger partial charge in [0.15, 0.2) is 17.6 Å².